The third-order valence-electron chi connectivity index (χ3n) is 6.64. The maximum Gasteiger partial charge on any atom is 0.239 e. The second-order valence-electron chi connectivity index (χ2n) is 10.3. The van der Waals surface area contributed by atoms with Crippen molar-refractivity contribution in [2.75, 3.05) is 6.54 Å². The molecule has 0 saturated heterocycles. The fourth-order valence-corrected chi connectivity index (χ4v) is 4.37. The van der Waals surface area contributed by atoms with Gasteiger partial charge in [-0.05, 0) is 45.4 Å². The smallest absolute Gasteiger partial charge is 0.239 e. The molecule has 0 spiro atoms. The molecular weight excluding hydrogens is 446 g/mol. The summed E-state index contributed by atoms with van der Waals surface area (Å²) < 4.78 is 0. The molecular formula is C31H57N3O2. The molecule has 0 aromatic heterocycles. The monoisotopic (exact) mass is 503 g/mol. The van der Waals surface area contributed by atoms with Crippen LogP contribution in [0.4, 0.5) is 0 Å². The highest BCUT2D eigenvalue weighted by molar-refractivity contribution is 5.82. The molecule has 0 saturated carbocycles. The highest BCUT2D eigenvalue weighted by Gasteiger charge is 2.17. The van der Waals surface area contributed by atoms with Crippen LogP contribution in [-0.4, -0.2) is 24.4 Å². The fraction of sp³-hybridized carbons (Fsp3) is 0.742. The SMILES string of the molecule is C=CCCCCCCCCCCCCCCCCC(=C)NC(CCC(=O)NCC(C)=CCC)C(N)=O. The predicted molar refractivity (Wildman–Crippen MR) is 156 cm³/mol. The van der Waals surface area contributed by atoms with Crippen LogP contribution in [0.15, 0.2) is 36.6 Å². The number of amides is 2. The molecule has 0 aliphatic rings. The van der Waals surface area contributed by atoms with Crippen molar-refractivity contribution in [2.24, 2.45) is 5.73 Å². The van der Waals surface area contributed by atoms with Crippen molar-refractivity contribution in [1.29, 1.82) is 0 Å². The average molecular weight is 504 g/mol. The van der Waals surface area contributed by atoms with Crippen LogP contribution in [0, 0.1) is 0 Å². The number of allylic oxidation sites excluding steroid dienone is 3. The highest BCUT2D eigenvalue weighted by Crippen LogP contribution is 2.14. The van der Waals surface area contributed by atoms with Gasteiger partial charge in [-0.3, -0.25) is 9.59 Å². The van der Waals surface area contributed by atoms with Crippen molar-refractivity contribution < 1.29 is 9.59 Å². The van der Waals surface area contributed by atoms with E-state index in [4.69, 9.17) is 5.73 Å². The molecule has 2 amide bonds. The zero-order chi connectivity index (χ0) is 26.9. The molecule has 0 aliphatic carbocycles. The summed E-state index contributed by atoms with van der Waals surface area (Å²) in [6.45, 7) is 12.4. The number of nitrogens with two attached hydrogens (primary N) is 1. The number of unbranched alkanes of at least 4 members (excludes halogenated alkanes) is 14. The molecule has 1 unspecified atom stereocenters. The lowest BCUT2D eigenvalue weighted by Gasteiger charge is -2.18. The van der Waals surface area contributed by atoms with Gasteiger partial charge in [-0.2, -0.15) is 0 Å². The van der Waals surface area contributed by atoms with Gasteiger partial charge < -0.3 is 16.4 Å². The Balaban J connectivity index is 3.70. The summed E-state index contributed by atoms with van der Waals surface area (Å²) in [6, 6.07) is -0.548. The minimum atomic E-state index is -0.548. The van der Waals surface area contributed by atoms with E-state index in [-0.39, 0.29) is 12.3 Å². The lowest BCUT2D eigenvalue weighted by molar-refractivity contribution is -0.122. The number of primary amides is 1. The zero-order valence-corrected chi connectivity index (χ0v) is 23.7. The van der Waals surface area contributed by atoms with E-state index < -0.39 is 11.9 Å². The first-order chi connectivity index (χ1) is 17.4. The molecule has 1 atom stereocenters. The lowest BCUT2D eigenvalue weighted by Crippen LogP contribution is -2.41. The first kappa shape index (κ1) is 34.0. The van der Waals surface area contributed by atoms with Crippen molar-refractivity contribution in [3.63, 3.8) is 0 Å². The molecule has 5 nitrogen and oxygen atoms in total. The fourth-order valence-electron chi connectivity index (χ4n) is 4.37. The first-order valence-electron chi connectivity index (χ1n) is 14.7. The van der Waals surface area contributed by atoms with Crippen molar-refractivity contribution in [2.45, 2.75) is 142 Å². The highest BCUT2D eigenvalue weighted by atomic mass is 16.2. The summed E-state index contributed by atoms with van der Waals surface area (Å²) in [5.41, 5.74) is 7.51. The molecule has 5 heteroatoms. The van der Waals surface area contributed by atoms with Crippen LogP contribution in [0.2, 0.25) is 0 Å². The van der Waals surface area contributed by atoms with Gasteiger partial charge in [0.1, 0.15) is 6.04 Å². The zero-order valence-electron chi connectivity index (χ0n) is 23.7. The molecule has 0 aromatic carbocycles. The van der Waals surface area contributed by atoms with Crippen molar-refractivity contribution in [3.8, 4) is 0 Å². The molecule has 0 heterocycles. The van der Waals surface area contributed by atoms with Gasteiger partial charge in [-0.15, -0.1) is 6.58 Å². The third-order valence-corrected chi connectivity index (χ3v) is 6.64. The Labute approximate surface area is 222 Å². The Bertz CT molecular complexity index is 627. The molecule has 0 bridgehead atoms. The van der Waals surface area contributed by atoms with E-state index in [1.807, 2.05) is 13.0 Å². The number of carbonyl (C=O) groups excluding carboxylic acids is 2. The van der Waals surface area contributed by atoms with E-state index in [0.717, 1.165) is 30.5 Å². The Morgan fingerprint density at radius 1 is 0.833 bits per heavy atom. The third kappa shape index (κ3) is 22.4. The van der Waals surface area contributed by atoms with E-state index in [9.17, 15) is 9.59 Å². The normalized spacial score (nSPS) is 12.2. The second-order valence-corrected chi connectivity index (χ2v) is 10.3. The van der Waals surface area contributed by atoms with Crippen molar-refractivity contribution in [1.82, 2.24) is 10.6 Å². The molecule has 0 radical (unpaired) electrons. The van der Waals surface area contributed by atoms with Gasteiger partial charge in [0.25, 0.3) is 0 Å². The van der Waals surface area contributed by atoms with Crippen LogP contribution >= 0.6 is 0 Å². The van der Waals surface area contributed by atoms with E-state index in [0.29, 0.717) is 13.0 Å². The van der Waals surface area contributed by atoms with Gasteiger partial charge in [0.2, 0.25) is 11.8 Å². The minimum absolute atomic E-state index is 0.0626. The van der Waals surface area contributed by atoms with Crippen LogP contribution in [0.5, 0.6) is 0 Å². The van der Waals surface area contributed by atoms with E-state index in [1.54, 1.807) is 0 Å². The van der Waals surface area contributed by atoms with Crippen molar-refractivity contribution >= 4 is 11.8 Å². The molecule has 36 heavy (non-hydrogen) atoms. The summed E-state index contributed by atoms with van der Waals surface area (Å²) in [7, 11) is 0. The van der Waals surface area contributed by atoms with Crippen LogP contribution in [0.3, 0.4) is 0 Å². The summed E-state index contributed by atoms with van der Waals surface area (Å²) in [5.74, 6) is -0.498. The van der Waals surface area contributed by atoms with E-state index >= 15 is 0 Å². The molecule has 0 aromatic rings. The quantitative estimate of drug-likeness (QED) is 0.0838. The molecule has 0 fully saturated rings. The predicted octanol–water partition coefficient (Wildman–Crippen LogP) is 7.62. The van der Waals surface area contributed by atoms with Gasteiger partial charge in [-0.1, -0.05) is 108 Å². The molecule has 0 aliphatic heterocycles. The lowest BCUT2D eigenvalue weighted by atomic mass is 10.0. The van der Waals surface area contributed by atoms with Crippen LogP contribution < -0.4 is 16.4 Å². The summed E-state index contributed by atoms with van der Waals surface area (Å²) in [4.78, 5) is 23.9. The Hall–Kier alpha value is -2.04. The Kier molecular flexibility index (Phi) is 23.2. The summed E-state index contributed by atoms with van der Waals surface area (Å²) in [5, 5.41) is 6.03. The maximum absolute atomic E-state index is 12.1. The standard InChI is InChI=1S/C31H57N3O2/c1-5-7-8-9-10-11-12-13-14-15-16-17-18-19-20-21-23-28(4)34-29(31(32)36)24-25-30(35)33-26-27(3)22-6-2/h5,22,29,34H,1,4,6-21,23-26H2,2-3H3,(H2,32,36)(H,33,35). The minimum Gasteiger partial charge on any atom is -0.378 e. The van der Waals surface area contributed by atoms with E-state index in [1.165, 1.54) is 89.9 Å². The number of carbonyl (C=O) groups is 2. The summed E-state index contributed by atoms with van der Waals surface area (Å²) >= 11 is 0. The maximum atomic E-state index is 12.1. The average Bonchev–Trinajstić information content (AvgIpc) is 2.85. The first-order valence-corrected chi connectivity index (χ1v) is 14.7. The molecule has 4 N–H and O–H groups in total. The van der Waals surface area contributed by atoms with Gasteiger partial charge in [0, 0.05) is 18.7 Å². The molecule has 208 valence electrons. The number of hydrogen-bond acceptors (Lipinski definition) is 3. The van der Waals surface area contributed by atoms with Gasteiger partial charge in [0.15, 0.2) is 0 Å². The van der Waals surface area contributed by atoms with Crippen LogP contribution in [0.1, 0.15) is 136 Å². The largest absolute Gasteiger partial charge is 0.378 e. The second kappa shape index (κ2) is 24.6. The summed E-state index contributed by atoms with van der Waals surface area (Å²) in [6.07, 6.45) is 26.2. The topological polar surface area (TPSA) is 84.2 Å². The van der Waals surface area contributed by atoms with Crippen molar-refractivity contribution in [3.05, 3.63) is 36.6 Å². The van der Waals surface area contributed by atoms with Crippen LogP contribution in [-0.2, 0) is 9.59 Å². The van der Waals surface area contributed by atoms with E-state index in [2.05, 4.69) is 36.8 Å². The Morgan fingerprint density at radius 3 is 1.81 bits per heavy atom. The number of rotatable bonds is 26. The Morgan fingerprint density at radius 2 is 1.33 bits per heavy atom. The molecule has 0 rings (SSSR count). The van der Waals surface area contributed by atoms with Gasteiger partial charge in [-0.25, -0.2) is 0 Å². The number of hydrogen-bond donors (Lipinski definition) is 3. The van der Waals surface area contributed by atoms with Gasteiger partial charge >= 0.3 is 0 Å². The van der Waals surface area contributed by atoms with Crippen LogP contribution in [0.25, 0.3) is 0 Å². The van der Waals surface area contributed by atoms with Gasteiger partial charge in [0.05, 0.1) is 0 Å². The number of nitrogens with one attached hydrogen (secondary N) is 2.